The monoisotopic (exact) mass is 499 g/mol. The first-order valence-electron chi connectivity index (χ1n) is 9.10. The summed E-state index contributed by atoms with van der Waals surface area (Å²) in [6.07, 6.45) is 3.72. The number of hydrogen-bond donors (Lipinski definition) is 0. The highest BCUT2D eigenvalue weighted by atomic mass is 79.9. The minimum atomic E-state index is -0.162. The predicted octanol–water partition coefficient (Wildman–Crippen LogP) is 7.24. The third-order valence-corrected chi connectivity index (χ3v) is 5.86. The van der Waals surface area contributed by atoms with Crippen LogP contribution in [0.4, 0.5) is 5.69 Å². The number of methoxy groups -OCH3 is 1. The largest absolute Gasteiger partial charge is 0.496 e. The summed E-state index contributed by atoms with van der Waals surface area (Å²) in [6, 6.07) is 20.5. The fraction of sp³-hybridized carbons (Fsp3) is 0.0417. The van der Waals surface area contributed by atoms with E-state index < -0.39 is 0 Å². The molecule has 0 aliphatic carbocycles. The number of benzene rings is 3. The Morgan fingerprint density at radius 2 is 1.77 bits per heavy atom. The van der Waals surface area contributed by atoms with Crippen molar-refractivity contribution < 1.29 is 9.53 Å². The number of ether oxygens (including phenoxy) is 1. The van der Waals surface area contributed by atoms with Gasteiger partial charge < -0.3 is 4.74 Å². The zero-order valence-corrected chi connectivity index (χ0v) is 19.0. The van der Waals surface area contributed by atoms with Crippen LogP contribution in [0.2, 0.25) is 10.0 Å². The van der Waals surface area contributed by atoms with E-state index in [-0.39, 0.29) is 5.91 Å². The summed E-state index contributed by atoms with van der Waals surface area (Å²) in [6.45, 7) is 0. The maximum atomic E-state index is 13.4. The summed E-state index contributed by atoms with van der Waals surface area (Å²) in [5, 5.41) is 0.922. The van der Waals surface area contributed by atoms with E-state index in [1.165, 1.54) is 0 Å². The maximum Gasteiger partial charge on any atom is 0.262 e. The summed E-state index contributed by atoms with van der Waals surface area (Å²) >= 11 is 16.0. The van der Waals surface area contributed by atoms with Crippen molar-refractivity contribution >= 4 is 62.5 Å². The Morgan fingerprint density at radius 3 is 2.43 bits per heavy atom. The Balaban J connectivity index is 1.82. The van der Waals surface area contributed by atoms with Crippen LogP contribution in [0.3, 0.4) is 0 Å². The summed E-state index contributed by atoms with van der Waals surface area (Å²) < 4.78 is 6.10. The summed E-state index contributed by atoms with van der Waals surface area (Å²) in [5.41, 5.74) is 3.68. The molecule has 0 unspecified atom stereocenters. The van der Waals surface area contributed by atoms with Gasteiger partial charge in [0.15, 0.2) is 0 Å². The quantitative estimate of drug-likeness (QED) is 0.353. The topological polar surface area (TPSA) is 29.5 Å². The van der Waals surface area contributed by atoms with Crippen LogP contribution in [0.25, 0.3) is 11.8 Å². The van der Waals surface area contributed by atoms with E-state index in [0.717, 1.165) is 27.0 Å². The molecular formula is C24H16BrCl2NO2. The highest BCUT2D eigenvalue weighted by Gasteiger charge is 2.31. The fourth-order valence-electron chi connectivity index (χ4n) is 3.29. The van der Waals surface area contributed by atoms with E-state index in [4.69, 9.17) is 27.9 Å². The van der Waals surface area contributed by atoms with Crippen LogP contribution in [0.15, 0.2) is 82.9 Å². The van der Waals surface area contributed by atoms with Gasteiger partial charge in [-0.15, -0.1) is 0 Å². The highest BCUT2D eigenvalue weighted by Crippen LogP contribution is 2.39. The first-order chi connectivity index (χ1) is 14.5. The van der Waals surface area contributed by atoms with Gasteiger partial charge in [0.25, 0.3) is 5.91 Å². The van der Waals surface area contributed by atoms with Gasteiger partial charge in [-0.2, -0.15) is 0 Å². The molecule has 150 valence electrons. The van der Waals surface area contributed by atoms with Crippen molar-refractivity contribution in [3.8, 4) is 5.75 Å². The molecule has 0 spiro atoms. The van der Waals surface area contributed by atoms with Crippen molar-refractivity contribution in [1.82, 2.24) is 0 Å². The van der Waals surface area contributed by atoms with Gasteiger partial charge in [0, 0.05) is 10.6 Å². The van der Waals surface area contributed by atoms with Crippen molar-refractivity contribution in [2.45, 2.75) is 0 Å². The summed E-state index contributed by atoms with van der Waals surface area (Å²) in [5.74, 6) is 0.565. The van der Waals surface area contributed by atoms with E-state index >= 15 is 0 Å². The first kappa shape index (κ1) is 20.7. The normalized spacial score (nSPS) is 14.9. The van der Waals surface area contributed by atoms with Gasteiger partial charge in [0.2, 0.25) is 0 Å². The molecule has 6 heteroatoms. The fourth-order valence-corrected chi connectivity index (χ4v) is 4.34. The van der Waals surface area contributed by atoms with Crippen LogP contribution in [-0.2, 0) is 4.79 Å². The van der Waals surface area contributed by atoms with Gasteiger partial charge in [0.05, 0.1) is 28.0 Å². The van der Waals surface area contributed by atoms with Crippen molar-refractivity contribution in [2.75, 3.05) is 12.0 Å². The Morgan fingerprint density at radius 1 is 1.00 bits per heavy atom. The zero-order valence-electron chi connectivity index (χ0n) is 15.9. The van der Waals surface area contributed by atoms with E-state index in [2.05, 4.69) is 15.9 Å². The van der Waals surface area contributed by atoms with Gasteiger partial charge in [-0.25, -0.2) is 0 Å². The molecule has 0 radical (unpaired) electrons. The second-order valence-electron chi connectivity index (χ2n) is 6.63. The molecule has 0 N–H and O–H groups in total. The number of rotatable bonds is 4. The second-order valence-corrected chi connectivity index (χ2v) is 8.32. The predicted molar refractivity (Wildman–Crippen MR) is 127 cm³/mol. The number of anilines is 1. The van der Waals surface area contributed by atoms with Gasteiger partial charge in [-0.05, 0) is 69.5 Å². The van der Waals surface area contributed by atoms with E-state index in [1.807, 2.05) is 60.7 Å². The molecule has 30 heavy (non-hydrogen) atoms. The average molecular weight is 501 g/mol. The number of carbonyl (C=O) groups excluding carboxylic acids is 1. The summed E-state index contributed by atoms with van der Waals surface area (Å²) in [4.78, 5) is 15.0. The molecule has 1 heterocycles. The smallest absolute Gasteiger partial charge is 0.262 e. The van der Waals surface area contributed by atoms with E-state index in [0.29, 0.717) is 21.3 Å². The summed E-state index contributed by atoms with van der Waals surface area (Å²) in [7, 11) is 1.61. The number of hydrogen-bond acceptors (Lipinski definition) is 2. The molecule has 3 aromatic carbocycles. The Bertz CT molecular complexity index is 1190. The molecule has 3 nitrogen and oxygen atoms in total. The van der Waals surface area contributed by atoms with Gasteiger partial charge in [-0.3, -0.25) is 9.69 Å². The highest BCUT2D eigenvalue weighted by molar-refractivity contribution is 9.10. The molecule has 1 amide bonds. The standard InChI is InChI=1S/C24H16BrCl2NO2/c1-30-23-10-7-15(12-19(23)25)11-17-13-22(16-5-3-2-4-6-16)28(24(17)29)21-9-8-18(26)14-20(21)27/h2-14H,1H3/b17-11-. The molecule has 1 aliphatic heterocycles. The third-order valence-electron chi connectivity index (χ3n) is 4.70. The molecule has 0 bridgehead atoms. The minimum Gasteiger partial charge on any atom is -0.496 e. The molecule has 0 fully saturated rings. The van der Waals surface area contributed by atoms with Crippen molar-refractivity contribution in [3.05, 3.63) is 104 Å². The van der Waals surface area contributed by atoms with Crippen molar-refractivity contribution in [1.29, 1.82) is 0 Å². The van der Waals surface area contributed by atoms with Crippen LogP contribution in [0.5, 0.6) is 5.75 Å². The van der Waals surface area contributed by atoms with Crippen LogP contribution >= 0.6 is 39.1 Å². The molecule has 0 atom stereocenters. The lowest BCUT2D eigenvalue weighted by Gasteiger charge is -2.22. The maximum absolute atomic E-state index is 13.4. The number of amides is 1. The third kappa shape index (κ3) is 4.04. The van der Waals surface area contributed by atoms with Crippen LogP contribution in [0, 0.1) is 0 Å². The lowest BCUT2D eigenvalue weighted by molar-refractivity contribution is -0.113. The molecule has 1 aliphatic rings. The first-order valence-corrected chi connectivity index (χ1v) is 10.6. The molecule has 0 saturated heterocycles. The minimum absolute atomic E-state index is 0.162. The van der Waals surface area contributed by atoms with Crippen LogP contribution in [-0.4, -0.2) is 13.0 Å². The van der Waals surface area contributed by atoms with Crippen LogP contribution < -0.4 is 9.64 Å². The Labute approximate surface area is 193 Å². The number of nitrogens with zero attached hydrogens (tertiary/aromatic N) is 1. The SMILES string of the molecule is COc1ccc(/C=C2/C=C(c3ccccc3)N(c3ccc(Cl)cc3Cl)C2=O)cc1Br. The number of carbonyl (C=O) groups is 1. The van der Waals surface area contributed by atoms with E-state index in [1.54, 1.807) is 30.2 Å². The molecule has 3 aromatic rings. The zero-order chi connectivity index (χ0) is 21.3. The van der Waals surface area contributed by atoms with E-state index in [9.17, 15) is 4.79 Å². The Hall–Kier alpha value is -2.53. The Kier molecular flexibility index (Phi) is 6.00. The van der Waals surface area contributed by atoms with Gasteiger partial charge in [0.1, 0.15) is 5.75 Å². The van der Waals surface area contributed by atoms with Gasteiger partial charge >= 0.3 is 0 Å². The number of halogens is 3. The van der Waals surface area contributed by atoms with Crippen LogP contribution in [0.1, 0.15) is 11.1 Å². The second kappa shape index (κ2) is 8.68. The van der Waals surface area contributed by atoms with Gasteiger partial charge in [-0.1, -0.05) is 59.6 Å². The average Bonchev–Trinajstić information content (AvgIpc) is 3.05. The molecular weight excluding hydrogens is 485 g/mol. The van der Waals surface area contributed by atoms with Crippen molar-refractivity contribution in [3.63, 3.8) is 0 Å². The molecule has 0 saturated carbocycles. The molecule has 0 aromatic heterocycles. The molecule has 4 rings (SSSR count). The lowest BCUT2D eigenvalue weighted by atomic mass is 10.1. The lowest BCUT2D eigenvalue weighted by Crippen LogP contribution is -2.25. The van der Waals surface area contributed by atoms with Crippen molar-refractivity contribution in [2.24, 2.45) is 0 Å².